The molecule has 78 valence electrons. The monoisotopic (exact) mass is 187 g/mol. The van der Waals surface area contributed by atoms with Gasteiger partial charge in [0.15, 0.2) is 5.78 Å². The summed E-state index contributed by atoms with van der Waals surface area (Å²) in [5.41, 5.74) is 0. The van der Waals surface area contributed by atoms with Crippen molar-refractivity contribution in [2.75, 3.05) is 6.54 Å². The van der Waals surface area contributed by atoms with Gasteiger partial charge in [-0.1, -0.05) is 27.7 Å². The molecule has 3 nitrogen and oxygen atoms in total. The maximum absolute atomic E-state index is 11.2. The lowest BCUT2D eigenvalue weighted by atomic mass is 10.0. The van der Waals surface area contributed by atoms with Crippen molar-refractivity contribution in [3.63, 3.8) is 0 Å². The molecule has 0 heterocycles. The minimum absolute atomic E-state index is 0.0643. The highest BCUT2D eigenvalue weighted by molar-refractivity contribution is 5.84. The molecule has 1 atom stereocenters. The molecule has 13 heavy (non-hydrogen) atoms. The van der Waals surface area contributed by atoms with Crippen molar-refractivity contribution in [3.05, 3.63) is 0 Å². The van der Waals surface area contributed by atoms with Crippen LogP contribution in [0.3, 0.4) is 0 Å². The zero-order valence-corrected chi connectivity index (χ0v) is 9.00. The second-order valence-electron chi connectivity index (χ2n) is 3.97. The van der Waals surface area contributed by atoms with Crippen molar-refractivity contribution in [3.8, 4) is 0 Å². The van der Waals surface area contributed by atoms with E-state index in [0.29, 0.717) is 19.0 Å². The van der Waals surface area contributed by atoms with Crippen LogP contribution < -0.4 is 5.32 Å². The van der Waals surface area contributed by atoms with Crippen LogP contribution in [-0.2, 0) is 4.79 Å². The van der Waals surface area contributed by atoms with Crippen molar-refractivity contribution in [2.24, 2.45) is 5.92 Å². The van der Waals surface area contributed by atoms with E-state index in [1.165, 1.54) is 0 Å². The second kappa shape index (κ2) is 6.11. The summed E-state index contributed by atoms with van der Waals surface area (Å²) in [5, 5.41) is 12.6. The molecule has 0 aliphatic heterocycles. The van der Waals surface area contributed by atoms with Gasteiger partial charge in [-0.05, 0) is 13.0 Å². The van der Waals surface area contributed by atoms with E-state index in [2.05, 4.69) is 5.32 Å². The Balaban J connectivity index is 3.62. The lowest BCUT2D eigenvalue weighted by Crippen LogP contribution is -2.31. The summed E-state index contributed by atoms with van der Waals surface area (Å²) < 4.78 is 0. The summed E-state index contributed by atoms with van der Waals surface area (Å²) >= 11 is 0. The molecule has 0 aliphatic rings. The van der Waals surface area contributed by atoms with Gasteiger partial charge in [-0.3, -0.25) is 4.79 Å². The molecule has 0 radical (unpaired) electrons. The Morgan fingerprint density at radius 2 is 1.85 bits per heavy atom. The van der Waals surface area contributed by atoms with Crippen LogP contribution in [0.1, 0.15) is 34.1 Å². The third kappa shape index (κ3) is 5.77. The highest BCUT2D eigenvalue weighted by Gasteiger charge is 2.17. The van der Waals surface area contributed by atoms with E-state index in [1.807, 2.05) is 13.8 Å². The van der Waals surface area contributed by atoms with Gasteiger partial charge in [0.05, 0.1) is 0 Å². The fourth-order valence-electron chi connectivity index (χ4n) is 1.04. The van der Waals surface area contributed by atoms with Crippen LogP contribution in [0.2, 0.25) is 0 Å². The quantitative estimate of drug-likeness (QED) is 0.651. The summed E-state index contributed by atoms with van der Waals surface area (Å²) in [7, 11) is 0. The van der Waals surface area contributed by atoms with Crippen LogP contribution in [-0.4, -0.2) is 29.6 Å². The maximum atomic E-state index is 11.2. The van der Waals surface area contributed by atoms with Crippen molar-refractivity contribution in [2.45, 2.75) is 46.3 Å². The molecule has 0 rings (SSSR count). The first-order valence-electron chi connectivity index (χ1n) is 4.90. The molecule has 0 saturated carbocycles. The number of carbonyl (C=O) groups is 1. The summed E-state index contributed by atoms with van der Waals surface area (Å²) in [5.74, 6) is -0.139. The van der Waals surface area contributed by atoms with Gasteiger partial charge in [-0.25, -0.2) is 0 Å². The first-order valence-corrected chi connectivity index (χ1v) is 4.90. The van der Waals surface area contributed by atoms with Gasteiger partial charge in [-0.2, -0.15) is 0 Å². The van der Waals surface area contributed by atoms with E-state index < -0.39 is 6.10 Å². The molecule has 0 amide bonds. The molecule has 0 spiro atoms. The zero-order chi connectivity index (χ0) is 10.4. The minimum atomic E-state index is -0.800. The number of hydrogen-bond acceptors (Lipinski definition) is 3. The number of ketones is 1. The lowest BCUT2D eigenvalue weighted by molar-refractivity contribution is -0.130. The number of carbonyl (C=O) groups excluding carboxylic acids is 1. The van der Waals surface area contributed by atoms with Gasteiger partial charge < -0.3 is 10.4 Å². The molecule has 3 heteroatoms. The minimum Gasteiger partial charge on any atom is -0.385 e. The van der Waals surface area contributed by atoms with E-state index >= 15 is 0 Å². The van der Waals surface area contributed by atoms with Gasteiger partial charge in [-0.15, -0.1) is 0 Å². The summed E-state index contributed by atoms with van der Waals surface area (Å²) in [4.78, 5) is 11.2. The van der Waals surface area contributed by atoms with Gasteiger partial charge in [0.1, 0.15) is 6.10 Å². The number of hydrogen-bond donors (Lipinski definition) is 2. The first-order chi connectivity index (χ1) is 5.95. The van der Waals surface area contributed by atoms with Crippen molar-refractivity contribution >= 4 is 5.78 Å². The van der Waals surface area contributed by atoms with E-state index in [-0.39, 0.29) is 11.7 Å². The molecule has 0 bridgehead atoms. The predicted molar refractivity (Wildman–Crippen MR) is 53.6 cm³/mol. The van der Waals surface area contributed by atoms with Gasteiger partial charge in [0.25, 0.3) is 0 Å². The van der Waals surface area contributed by atoms with E-state index in [0.717, 1.165) is 0 Å². The number of aliphatic hydroxyl groups is 1. The van der Waals surface area contributed by atoms with Gasteiger partial charge in [0, 0.05) is 12.0 Å². The van der Waals surface area contributed by atoms with Crippen LogP contribution in [0.25, 0.3) is 0 Å². The molecular formula is C10H21NO2. The summed E-state index contributed by atoms with van der Waals surface area (Å²) in [6.45, 7) is 8.38. The van der Waals surface area contributed by atoms with E-state index in [1.54, 1.807) is 13.8 Å². The van der Waals surface area contributed by atoms with Crippen LogP contribution in [0, 0.1) is 5.92 Å². The maximum Gasteiger partial charge on any atom is 0.163 e. The van der Waals surface area contributed by atoms with Crippen LogP contribution in [0.4, 0.5) is 0 Å². The predicted octanol–water partition coefficient (Wildman–Crippen LogP) is 0.961. The van der Waals surface area contributed by atoms with Gasteiger partial charge in [0.2, 0.25) is 0 Å². The molecule has 0 aromatic rings. The average molecular weight is 187 g/mol. The molecule has 0 saturated heterocycles. The largest absolute Gasteiger partial charge is 0.385 e. The van der Waals surface area contributed by atoms with E-state index in [9.17, 15) is 9.90 Å². The molecule has 0 aromatic carbocycles. The SMILES string of the molecule is CC(C)NCCC(O)C(=O)C(C)C. The third-order valence-electron chi connectivity index (χ3n) is 1.87. The normalized spacial score (nSPS) is 13.8. The average Bonchev–Trinajstić information content (AvgIpc) is 2.02. The highest BCUT2D eigenvalue weighted by atomic mass is 16.3. The lowest BCUT2D eigenvalue weighted by Gasteiger charge is -2.13. The number of rotatable bonds is 6. The van der Waals surface area contributed by atoms with Gasteiger partial charge >= 0.3 is 0 Å². The molecular weight excluding hydrogens is 166 g/mol. The fraction of sp³-hybridized carbons (Fsp3) is 0.900. The Hall–Kier alpha value is -0.410. The van der Waals surface area contributed by atoms with Crippen LogP contribution in [0.15, 0.2) is 0 Å². The molecule has 0 aliphatic carbocycles. The molecule has 2 N–H and O–H groups in total. The third-order valence-corrected chi connectivity index (χ3v) is 1.87. The Bertz CT molecular complexity index is 155. The highest BCUT2D eigenvalue weighted by Crippen LogP contribution is 2.02. The number of aliphatic hydroxyl groups excluding tert-OH is 1. The first kappa shape index (κ1) is 12.6. The Kier molecular flexibility index (Phi) is 5.91. The second-order valence-corrected chi connectivity index (χ2v) is 3.97. The molecule has 1 unspecified atom stereocenters. The van der Waals surface area contributed by atoms with Crippen LogP contribution in [0.5, 0.6) is 0 Å². The summed E-state index contributed by atoms with van der Waals surface area (Å²) in [6, 6.07) is 0.404. The topological polar surface area (TPSA) is 49.3 Å². The Morgan fingerprint density at radius 1 is 1.31 bits per heavy atom. The Morgan fingerprint density at radius 3 is 2.23 bits per heavy atom. The van der Waals surface area contributed by atoms with Crippen molar-refractivity contribution < 1.29 is 9.90 Å². The molecule has 0 aromatic heterocycles. The van der Waals surface area contributed by atoms with E-state index in [4.69, 9.17) is 0 Å². The van der Waals surface area contributed by atoms with Crippen molar-refractivity contribution in [1.82, 2.24) is 5.32 Å². The molecule has 0 fully saturated rings. The standard InChI is InChI=1S/C10H21NO2/c1-7(2)10(13)9(12)5-6-11-8(3)4/h7-9,11-12H,5-6H2,1-4H3. The smallest absolute Gasteiger partial charge is 0.163 e. The Labute approximate surface area is 80.5 Å². The van der Waals surface area contributed by atoms with Crippen LogP contribution >= 0.6 is 0 Å². The van der Waals surface area contributed by atoms with Crippen molar-refractivity contribution in [1.29, 1.82) is 0 Å². The zero-order valence-electron chi connectivity index (χ0n) is 9.00. The number of nitrogens with one attached hydrogen (secondary N) is 1. The summed E-state index contributed by atoms with van der Waals surface area (Å²) in [6.07, 6.45) is -0.291. The fourth-order valence-corrected chi connectivity index (χ4v) is 1.04. The number of Topliss-reactive ketones (excluding diaryl/α,β-unsaturated/α-hetero) is 1.